The second-order valence-electron chi connectivity index (χ2n) is 4.18. The van der Waals surface area contributed by atoms with Crippen molar-refractivity contribution < 1.29 is 13.5 Å². The van der Waals surface area contributed by atoms with E-state index in [9.17, 15) is 8.78 Å². The topological polar surface area (TPSA) is 21.3 Å². The van der Waals surface area contributed by atoms with Crippen LogP contribution in [-0.4, -0.2) is 6.61 Å². The fourth-order valence-corrected chi connectivity index (χ4v) is 3.75. The van der Waals surface area contributed by atoms with Crippen LogP contribution >= 0.6 is 50.5 Å². The van der Waals surface area contributed by atoms with E-state index in [1.54, 1.807) is 11.3 Å². The Balaban J connectivity index is 2.18. The smallest absolute Gasteiger partial charge is 0.387 e. The molecule has 0 fully saturated rings. The summed E-state index contributed by atoms with van der Waals surface area (Å²) in [5.41, 5.74) is 0.628. The molecule has 21 heavy (non-hydrogen) atoms. The number of halogens is 5. The first-order valence-electron chi connectivity index (χ1n) is 5.81. The van der Waals surface area contributed by atoms with Crippen molar-refractivity contribution in [1.82, 2.24) is 0 Å². The standard InChI is InChI=1S/C13H10BrCl2F2NOS/c1-6(11-2-7(14)5-21-11)19-8-3-9(15)12(10(16)4-8)20-13(17)18/h2-6,13,19H,1H3. The zero-order valence-electron chi connectivity index (χ0n) is 10.7. The lowest BCUT2D eigenvalue weighted by Crippen LogP contribution is -2.06. The summed E-state index contributed by atoms with van der Waals surface area (Å²) in [6.07, 6.45) is 0. The molecule has 2 rings (SSSR count). The summed E-state index contributed by atoms with van der Waals surface area (Å²) in [7, 11) is 0. The average molecular weight is 417 g/mol. The molecule has 2 nitrogen and oxygen atoms in total. The van der Waals surface area contributed by atoms with Gasteiger partial charge in [-0.05, 0) is 41.1 Å². The molecule has 0 aliphatic heterocycles. The number of benzene rings is 1. The first-order chi connectivity index (χ1) is 9.86. The van der Waals surface area contributed by atoms with Gasteiger partial charge < -0.3 is 10.1 Å². The van der Waals surface area contributed by atoms with E-state index in [1.165, 1.54) is 12.1 Å². The van der Waals surface area contributed by atoms with Gasteiger partial charge in [-0.2, -0.15) is 8.78 Å². The highest BCUT2D eigenvalue weighted by Crippen LogP contribution is 2.38. The van der Waals surface area contributed by atoms with Crippen LogP contribution in [0.15, 0.2) is 28.1 Å². The third-order valence-corrected chi connectivity index (χ3v) is 5.04. The monoisotopic (exact) mass is 415 g/mol. The Morgan fingerprint density at radius 2 is 1.86 bits per heavy atom. The molecule has 0 saturated carbocycles. The number of ether oxygens (including phenoxy) is 1. The van der Waals surface area contributed by atoms with Gasteiger partial charge in [0.05, 0.1) is 16.1 Å². The molecule has 1 unspecified atom stereocenters. The number of hydrogen-bond donors (Lipinski definition) is 1. The zero-order chi connectivity index (χ0) is 15.6. The number of hydrogen-bond acceptors (Lipinski definition) is 3. The van der Waals surface area contributed by atoms with Crippen molar-refractivity contribution in [3.63, 3.8) is 0 Å². The molecule has 2 aromatic rings. The summed E-state index contributed by atoms with van der Waals surface area (Å²) in [6.45, 7) is -0.995. The van der Waals surface area contributed by atoms with Gasteiger partial charge in [0.2, 0.25) is 0 Å². The lowest BCUT2D eigenvalue weighted by Gasteiger charge is -2.16. The Kier molecular flexibility index (Phi) is 5.71. The molecule has 1 N–H and O–H groups in total. The van der Waals surface area contributed by atoms with Crippen LogP contribution in [0, 0.1) is 0 Å². The molecule has 1 atom stereocenters. The van der Waals surface area contributed by atoms with Crippen LogP contribution in [0.2, 0.25) is 10.0 Å². The van der Waals surface area contributed by atoms with Crippen molar-refractivity contribution >= 4 is 56.2 Å². The van der Waals surface area contributed by atoms with Crippen molar-refractivity contribution in [2.24, 2.45) is 0 Å². The van der Waals surface area contributed by atoms with E-state index >= 15 is 0 Å². The molecule has 1 aromatic heterocycles. The van der Waals surface area contributed by atoms with Crippen LogP contribution in [-0.2, 0) is 0 Å². The summed E-state index contributed by atoms with van der Waals surface area (Å²) >= 11 is 16.8. The van der Waals surface area contributed by atoms with Crippen LogP contribution in [0.5, 0.6) is 5.75 Å². The van der Waals surface area contributed by atoms with Crippen LogP contribution in [0.25, 0.3) is 0 Å². The Morgan fingerprint density at radius 3 is 2.33 bits per heavy atom. The van der Waals surface area contributed by atoms with Gasteiger partial charge in [0.1, 0.15) is 0 Å². The summed E-state index contributed by atoms with van der Waals surface area (Å²) in [5, 5.41) is 5.26. The largest absolute Gasteiger partial charge is 0.432 e. The summed E-state index contributed by atoms with van der Waals surface area (Å²) in [4.78, 5) is 1.11. The molecule has 8 heteroatoms. The third kappa shape index (κ3) is 4.45. The number of anilines is 1. The second kappa shape index (κ2) is 7.13. The van der Waals surface area contributed by atoms with E-state index in [-0.39, 0.29) is 21.8 Å². The first-order valence-corrected chi connectivity index (χ1v) is 8.24. The van der Waals surface area contributed by atoms with E-state index in [4.69, 9.17) is 23.2 Å². The lowest BCUT2D eigenvalue weighted by molar-refractivity contribution is -0.0497. The minimum absolute atomic E-state index is 0.0234. The van der Waals surface area contributed by atoms with Gasteiger partial charge in [0, 0.05) is 20.4 Å². The van der Waals surface area contributed by atoms with Gasteiger partial charge >= 0.3 is 6.61 Å². The van der Waals surface area contributed by atoms with Gasteiger partial charge in [-0.15, -0.1) is 11.3 Å². The maximum Gasteiger partial charge on any atom is 0.387 e. The van der Waals surface area contributed by atoms with Crippen molar-refractivity contribution in [3.05, 3.63) is 43.0 Å². The minimum Gasteiger partial charge on any atom is -0.432 e. The highest BCUT2D eigenvalue weighted by atomic mass is 79.9. The quantitative estimate of drug-likeness (QED) is 0.593. The molecule has 0 bridgehead atoms. The fourth-order valence-electron chi connectivity index (χ4n) is 1.72. The molecule has 0 aliphatic rings. The Labute approximate surface area is 143 Å². The Hall–Kier alpha value is -0.560. The molecule has 0 saturated heterocycles. The number of nitrogens with one attached hydrogen (secondary N) is 1. The molecule has 1 aromatic carbocycles. The van der Waals surface area contributed by atoms with Crippen LogP contribution in [0.3, 0.4) is 0 Å². The molecule has 0 amide bonds. The highest BCUT2D eigenvalue weighted by molar-refractivity contribution is 9.10. The van der Waals surface area contributed by atoms with Gasteiger partial charge in [-0.25, -0.2) is 0 Å². The molecule has 0 spiro atoms. The normalized spacial score (nSPS) is 12.5. The average Bonchev–Trinajstić information content (AvgIpc) is 2.80. The molecule has 1 heterocycles. The van der Waals surface area contributed by atoms with Gasteiger partial charge in [-0.1, -0.05) is 23.2 Å². The van der Waals surface area contributed by atoms with Crippen LogP contribution in [0.1, 0.15) is 17.8 Å². The van der Waals surface area contributed by atoms with Crippen LogP contribution < -0.4 is 10.1 Å². The van der Waals surface area contributed by atoms with E-state index < -0.39 is 6.61 Å². The summed E-state index contributed by atoms with van der Waals surface area (Å²) in [5.74, 6) is -0.217. The van der Waals surface area contributed by atoms with E-state index in [0.29, 0.717) is 5.69 Å². The Bertz CT molecular complexity index is 615. The fraction of sp³-hybridized carbons (Fsp3) is 0.231. The maximum absolute atomic E-state index is 12.3. The van der Waals surface area contributed by atoms with Crippen molar-refractivity contribution in [3.8, 4) is 5.75 Å². The minimum atomic E-state index is -2.97. The summed E-state index contributed by atoms with van der Waals surface area (Å²) < 4.78 is 29.8. The Morgan fingerprint density at radius 1 is 1.24 bits per heavy atom. The first kappa shape index (κ1) is 16.8. The molecule has 114 valence electrons. The molecule has 0 aliphatic carbocycles. The summed E-state index contributed by atoms with van der Waals surface area (Å²) in [6, 6.07) is 5.03. The van der Waals surface area contributed by atoms with Crippen molar-refractivity contribution in [2.45, 2.75) is 19.6 Å². The predicted octanol–water partition coefficient (Wildman–Crippen LogP) is 6.59. The number of rotatable bonds is 5. The highest BCUT2D eigenvalue weighted by Gasteiger charge is 2.15. The predicted molar refractivity (Wildman–Crippen MR) is 87.2 cm³/mol. The van der Waals surface area contributed by atoms with Crippen molar-refractivity contribution in [1.29, 1.82) is 0 Å². The van der Waals surface area contributed by atoms with Crippen LogP contribution in [0.4, 0.5) is 14.5 Å². The maximum atomic E-state index is 12.3. The van der Waals surface area contributed by atoms with Gasteiger partial charge in [0.15, 0.2) is 5.75 Å². The molecular formula is C13H10BrCl2F2NOS. The third-order valence-electron chi connectivity index (χ3n) is 2.60. The number of thiophene rings is 1. The number of alkyl halides is 2. The SMILES string of the molecule is CC(Nc1cc(Cl)c(OC(F)F)c(Cl)c1)c1cc(Br)cs1. The van der Waals surface area contributed by atoms with E-state index in [0.717, 1.165) is 9.35 Å². The van der Waals surface area contributed by atoms with E-state index in [1.807, 2.05) is 18.4 Å². The van der Waals surface area contributed by atoms with Gasteiger partial charge in [0.25, 0.3) is 0 Å². The van der Waals surface area contributed by atoms with Crippen molar-refractivity contribution in [2.75, 3.05) is 5.32 Å². The van der Waals surface area contributed by atoms with Gasteiger partial charge in [-0.3, -0.25) is 0 Å². The molecule has 0 radical (unpaired) electrons. The second-order valence-corrected chi connectivity index (χ2v) is 6.85. The molecular weight excluding hydrogens is 407 g/mol. The van der Waals surface area contributed by atoms with E-state index in [2.05, 4.69) is 26.0 Å². The lowest BCUT2D eigenvalue weighted by atomic mass is 10.2. The zero-order valence-corrected chi connectivity index (χ0v) is 14.6.